The molecule has 1 aromatic carbocycles. The summed E-state index contributed by atoms with van der Waals surface area (Å²) in [5, 5.41) is 8.76. The largest absolute Gasteiger partial charge is 0.494 e. The van der Waals surface area contributed by atoms with Crippen LogP contribution < -0.4 is 4.74 Å². The molecule has 2 aromatic rings. The molecule has 114 valence electrons. The number of ether oxygens (including phenoxy) is 1. The molecule has 2 rings (SSSR count). The van der Waals surface area contributed by atoms with Crippen molar-refractivity contribution >= 4 is 17.0 Å². The summed E-state index contributed by atoms with van der Waals surface area (Å²) in [6, 6.07) is 5.94. The molecule has 0 saturated carbocycles. The second-order valence-corrected chi connectivity index (χ2v) is 5.01. The third kappa shape index (κ3) is 3.74. The SMILES string of the molecule is CCCn1c(CCCC(=O)O)nc2cc(OCC)ccc21. The third-order valence-electron chi connectivity index (χ3n) is 3.35. The Balaban J connectivity index is 2.29. The highest BCUT2D eigenvalue weighted by Crippen LogP contribution is 2.23. The van der Waals surface area contributed by atoms with E-state index < -0.39 is 5.97 Å². The zero-order chi connectivity index (χ0) is 15.2. The summed E-state index contributed by atoms with van der Waals surface area (Å²) in [6.07, 6.45) is 2.50. The third-order valence-corrected chi connectivity index (χ3v) is 3.35. The van der Waals surface area contributed by atoms with Crippen LogP contribution in [0.3, 0.4) is 0 Å². The van der Waals surface area contributed by atoms with E-state index in [1.54, 1.807) is 0 Å². The van der Waals surface area contributed by atoms with Crippen LogP contribution in [0.5, 0.6) is 5.75 Å². The van der Waals surface area contributed by atoms with Crippen molar-refractivity contribution in [2.75, 3.05) is 6.61 Å². The molecule has 5 heteroatoms. The Kier molecular flexibility index (Phi) is 5.20. The average molecular weight is 290 g/mol. The summed E-state index contributed by atoms with van der Waals surface area (Å²) in [7, 11) is 0. The van der Waals surface area contributed by atoms with Gasteiger partial charge in [0.15, 0.2) is 0 Å². The second-order valence-electron chi connectivity index (χ2n) is 5.01. The van der Waals surface area contributed by atoms with Crippen molar-refractivity contribution in [2.24, 2.45) is 0 Å². The molecule has 5 nitrogen and oxygen atoms in total. The van der Waals surface area contributed by atoms with Gasteiger partial charge in [0.25, 0.3) is 0 Å². The van der Waals surface area contributed by atoms with Gasteiger partial charge in [-0.25, -0.2) is 4.98 Å². The summed E-state index contributed by atoms with van der Waals surface area (Å²) in [6.45, 7) is 5.61. The van der Waals surface area contributed by atoms with Crippen molar-refractivity contribution in [3.05, 3.63) is 24.0 Å². The Bertz CT molecular complexity index is 619. The number of fused-ring (bicyclic) bond motifs is 1. The van der Waals surface area contributed by atoms with Crippen LogP contribution in [-0.4, -0.2) is 27.2 Å². The Morgan fingerprint density at radius 2 is 2.19 bits per heavy atom. The van der Waals surface area contributed by atoms with Gasteiger partial charge in [0.1, 0.15) is 11.6 Å². The van der Waals surface area contributed by atoms with E-state index in [2.05, 4.69) is 16.5 Å². The molecule has 0 aliphatic carbocycles. The van der Waals surface area contributed by atoms with Gasteiger partial charge in [0.2, 0.25) is 0 Å². The van der Waals surface area contributed by atoms with Crippen molar-refractivity contribution in [3.63, 3.8) is 0 Å². The number of hydrogen-bond acceptors (Lipinski definition) is 3. The van der Waals surface area contributed by atoms with E-state index in [0.29, 0.717) is 19.4 Å². The molecule has 0 aliphatic rings. The molecule has 0 aliphatic heterocycles. The van der Waals surface area contributed by atoms with E-state index in [1.165, 1.54) is 0 Å². The first-order chi connectivity index (χ1) is 10.2. The van der Waals surface area contributed by atoms with Crippen LogP contribution >= 0.6 is 0 Å². The topological polar surface area (TPSA) is 64.4 Å². The minimum Gasteiger partial charge on any atom is -0.494 e. The Hall–Kier alpha value is -2.04. The Morgan fingerprint density at radius 3 is 2.86 bits per heavy atom. The van der Waals surface area contributed by atoms with Crippen LogP contribution in [0.25, 0.3) is 11.0 Å². The Morgan fingerprint density at radius 1 is 1.38 bits per heavy atom. The van der Waals surface area contributed by atoms with E-state index in [9.17, 15) is 4.79 Å². The average Bonchev–Trinajstić information content (AvgIpc) is 2.77. The standard InChI is InChI=1S/C16H22N2O3/c1-3-10-18-14-9-8-12(21-4-2)11-13(14)17-15(18)6-5-7-16(19)20/h8-9,11H,3-7,10H2,1-2H3,(H,19,20). The number of carboxylic acid groups (broad SMARTS) is 1. The molecular weight excluding hydrogens is 268 g/mol. The molecule has 0 bridgehead atoms. The number of hydrogen-bond donors (Lipinski definition) is 1. The maximum atomic E-state index is 10.6. The number of carboxylic acids is 1. The lowest BCUT2D eigenvalue weighted by Crippen LogP contribution is -2.05. The first-order valence-electron chi connectivity index (χ1n) is 7.49. The number of nitrogens with zero attached hydrogens (tertiary/aromatic N) is 2. The van der Waals surface area contributed by atoms with Gasteiger partial charge in [-0.05, 0) is 31.9 Å². The zero-order valence-electron chi connectivity index (χ0n) is 12.6. The van der Waals surface area contributed by atoms with Crippen LogP contribution in [-0.2, 0) is 17.8 Å². The van der Waals surface area contributed by atoms with Gasteiger partial charge < -0.3 is 14.4 Å². The molecule has 0 atom stereocenters. The molecule has 1 heterocycles. The minimum atomic E-state index is -0.758. The molecule has 1 N–H and O–H groups in total. The minimum absolute atomic E-state index is 0.180. The number of imidazole rings is 1. The van der Waals surface area contributed by atoms with Crippen LogP contribution in [0.15, 0.2) is 18.2 Å². The van der Waals surface area contributed by atoms with Crippen LogP contribution in [0, 0.1) is 0 Å². The Labute approximate surface area is 124 Å². The summed E-state index contributed by atoms with van der Waals surface area (Å²) < 4.78 is 7.70. The van der Waals surface area contributed by atoms with Gasteiger partial charge in [-0.15, -0.1) is 0 Å². The van der Waals surface area contributed by atoms with Crippen LogP contribution in [0.4, 0.5) is 0 Å². The number of aromatic nitrogens is 2. The lowest BCUT2D eigenvalue weighted by atomic mass is 10.2. The quantitative estimate of drug-likeness (QED) is 0.810. The number of rotatable bonds is 8. The molecule has 0 unspecified atom stereocenters. The predicted molar refractivity (Wildman–Crippen MR) is 81.8 cm³/mol. The smallest absolute Gasteiger partial charge is 0.303 e. The van der Waals surface area contributed by atoms with Crippen molar-refractivity contribution in [1.29, 1.82) is 0 Å². The van der Waals surface area contributed by atoms with Gasteiger partial charge in [-0.1, -0.05) is 6.92 Å². The lowest BCUT2D eigenvalue weighted by molar-refractivity contribution is -0.137. The number of carbonyl (C=O) groups is 1. The monoisotopic (exact) mass is 290 g/mol. The summed E-state index contributed by atoms with van der Waals surface area (Å²) in [5.74, 6) is 1.02. The predicted octanol–water partition coefficient (Wildman–Crippen LogP) is 3.25. The summed E-state index contributed by atoms with van der Waals surface area (Å²) >= 11 is 0. The molecule has 0 spiro atoms. The normalized spacial score (nSPS) is 11.0. The number of aliphatic carboxylic acids is 1. The van der Waals surface area contributed by atoms with Crippen molar-refractivity contribution in [2.45, 2.75) is 46.1 Å². The maximum Gasteiger partial charge on any atom is 0.303 e. The molecule has 0 saturated heterocycles. The van der Waals surface area contributed by atoms with Gasteiger partial charge in [-0.3, -0.25) is 4.79 Å². The van der Waals surface area contributed by atoms with Gasteiger partial charge in [0.05, 0.1) is 17.6 Å². The number of aryl methyl sites for hydroxylation is 2. The fraction of sp³-hybridized carbons (Fsp3) is 0.500. The van der Waals surface area contributed by atoms with Crippen molar-refractivity contribution in [3.8, 4) is 5.75 Å². The highest BCUT2D eigenvalue weighted by molar-refractivity contribution is 5.77. The molecule has 21 heavy (non-hydrogen) atoms. The molecule has 0 fully saturated rings. The van der Waals surface area contributed by atoms with E-state index in [-0.39, 0.29) is 6.42 Å². The highest BCUT2D eigenvalue weighted by atomic mass is 16.5. The second kappa shape index (κ2) is 7.11. The van der Waals surface area contributed by atoms with Gasteiger partial charge >= 0.3 is 5.97 Å². The molecule has 1 aromatic heterocycles. The first-order valence-corrected chi connectivity index (χ1v) is 7.49. The number of benzene rings is 1. The maximum absolute atomic E-state index is 10.6. The first kappa shape index (κ1) is 15.4. The molecule has 0 amide bonds. The van der Waals surface area contributed by atoms with E-state index in [1.807, 2.05) is 25.1 Å². The fourth-order valence-electron chi connectivity index (χ4n) is 2.48. The van der Waals surface area contributed by atoms with Crippen molar-refractivity contribution in [1.82, 2.24) is 9.55 Å². The molecule has 0 radical (unpaired) electrons. The highest BCUT2D eigenvalue weighted by Gasteiger charge is 2.11. The van der Waals surface area contributed by atoms with Crippen LogP contribution in [0.2, 0.25) is 0 Å². The summed E-state index contributed by atoms with van der Waals surface area (Å²) in [4.78, 5) is 15.3. The molecular formula is C16H22N2O3. The van der Waals surface area contributed by atoms with E-state index >= 15 is 0 Å². The fourth-order valence-corrected chi connectivity index (χ4v) is 2.48. The van der Waals surface area contributed by atoms with Gasteiger partial charge in [-0.2, -0.15) is 0 Å². The lowest BCUT2D eigenvalue weighted by Gasteiger charge is -2.07. The van der Waals surface area contributed by atoms with E-state index in [0.717, 1.165) is 35.6 Å². The van der Waals surface area contributed by atoms with Gasteiger partial charge in [0, 0.05) is 25.5 Å². The van der Waals surface area contributed by atoms with Crippen LogP contribution in [0.1, 0.15) is 38.9 Å². The summed E-state index contributed by atoms with van der Waals surface area (Å²) in [5.41, 5.74) is 2.00. The van der Waals surface area contributed by atoms with Crippen molar-refractivity contribution < 1.29 is 14.6 Å². The zero-order valence-corrected chi connectivity index (χ0v) is 12.6. The van der Waals surface area contributed by atoms with E-state index in [4.69, 9.17) is 9.84 Å².